The Labute approximate surface area is 107 Å². The number of hydrazine groups is 1. The van der Waals surface area contributed by atoms with Gasteiger partial charge in [-0.3, -0.25) is 19.9 Å². The summed E-state index contributed by atoms with van der Waals surface area (Å²) in [5, 5.41) is 2.82. The molecule has 2 amide bonds. The van der Waals surface area contributed by atoms with Gasteiger partial charge >= 0.3 is 0 Å². The zero-order valence-electron chi connectivity index (χ0n) is 10.9. The van der Waals surface area contributed by atoms with Crippen LogP contribution in [-0.2, 0) is 14.3 Å². The average molecular weight is 258 g/mol. The minimum Gasteiger partial charge on any atom is -0.378 e. The highest BCUT2D eigenvalue weighted by Crippen LogP contribution is 2.11. The summed E-state index contributed by atoms with van der Waals surface area (Å²) in [5.41, 5.74) is 2.11. The third kappa shape index (κ3) is 3.66. The largest absolute Gasteiger partial charge is 0.378 e. The van der Waals surface area contributed by atoms with Gasteiger partial charge in [-0.25, -0.2) is 5.84 Å². The maximum atomic E-state index is 12.0. The van der Waals surface area contributed by atoms with E-state index >= 15 is 0 Å². The molecule has 1 saturated heterocycles. The number of hydrogen-bond acceptors (Lipinski definition) is 5. The first-order valence-corrected chi connectivity index (χ1v) is 6.23. The van der Waals surface area contributed by atoms with E-state index in [1.807, 2.05) is 11.8 Å². The van der Waals surface area contributed by atoms with Gasteiger partial charge in [-0.15, -0.1) is 0 Å². The fraction of sp³-hybridized carbons (Fsp3) is 0.818. The molecular weight excluding hydrogens is 236 g/mol. The molecule has 1 fully saturated rings. The Morgan fingerprint density at radius 3 is 2.89 bits per heavy atom. The number of ether oxygens (including phenoxy) is 1. The highest BCUT2D eigenvalue weighted by Gasteiger charge is 2.34. The third-order valence-electron chi connectivity index (χ3n) is 3.04. The van der Waals surface area contributed by atoms with Crippen LogP contribution in [0.1, 0.15) is 20.3 Å². The summed E-state index contributed by atoms with van der Waals surface area (Å²) < 4.78 is 5.31. The number of nitrogens with two attached hydrogens (primary N) is 1. The molecule has 0 aliphatic carbocycles. The van der Waals surface area contributed by atoms with E-state index in [1.54, 1.807) is 6.92 Å². The predicted octanol–water partition coefficient (Wildman–Crippen LogP) is -1.41. The first-order valence-electron chi connectivity index (χ1n) is 6.23. The summed E-state index contributed by atoms with van der Waals surface area (Å²) in [7, 11) is 0. The highest BCUT2D eigenvalue weighted by molar-refractivity contribution is 5.85. The van der Waals surface area contributed by atoms with Crippen LogP contribution in [0.4, 0.5) is 0 Å². The van der Waals surface area contributed by atoms with Gasteiger partial charge in [0.05, 0.1) is 19.3 Å². The van der Waals surface area contributed by atoms with Gasteiger partial charge in [0.25, 0.3) is 5.91 Å². The Bertz CT molecular complexity index is 298. The quantitative estimate of drug-likeness (QED) is 0.320. The van der Waals surface area contributed by atoms with Gasteiger partial charge in [-0.2, -0.15) is 0 Å². The molecule has 2 unspecified atom stereocenters. The molecule has 2 atom stereocenters. The predicted molar refractivity (Wildman–Crippen MR) is 66.4 cm³/mol. The van der Waals surface area contributed by atoms with Crippen LogP contribution in [0.25, 0.3) is 0 Å². The van der Waals surface area contributed by atoms with Gasteiger partial charge in [0.15, 0.2) is 0 Å². The van der Waals surface area contributed by atoms with Crippen LogP contribution in [0.3, 0.4) is 0 Å². The Kier molecular flexibility index (Phi) is 6.03. The maximum Gasteiger partial charge on any atom is 0.250 e. The topological polar surface area (TPSA) is 96.7 Å². The van der Waals surface area contributed by atoms with Crippen LogP contribution in [-0.4, -0.2) is 55.1 Å². The van der Waals surface area contributed by atoms with Gasteiger partial charge in [-0.1, -0.05) is 6.92 Å². The van der Waals surface area contributed by atoms with Crippen molar-refractivity contribution < 1.29 is 14.3 Å². The standard InChI is InChI=1S/C11H22N4O3/c1-3-4-13-11(17)9-7-18-6-5-15(9)8(2)10(16)14-12/h8-9H,3-7,12H2,1-2H3,(H,13,17)(H,14,16). The molecule has 0 spiro atoms. The molecule has 4 N–H and O–H groups in total. The van der Waals surface area contributed by atoms with Crippen molar-refractivity contribution in [3.63, 3.8) is 0 Å². The number of morpholine rings is 1. The van der Waals surface area contributed by atoms with Gasteiger partial charge in [0.2, 0.25) is 5.91 Å². The lowest BCUT2D eigenvalue weighted by molar-refractivity contribution is -0.139. The van der Waals surface area contributed by atoms with Crippen molar-refractivity contribution >= 4 is 11.8 Å². The molecule has 104 valence electrons. The SMILES string of the molecule is CCCNC(=O)C1COCCN1C(C)C(=O)NN. The van der Waals surface area contributed by atoms with Crippen LogP contribution < -0.4 is 16.6 Å². The van der Waals surface area contributed by atoms with Crippen molar-refractivity contribution in [3.05, 3.63) is 0 Å². The average Bonchev–Trinajstić information content (AvgIpc) is 2.43. The van der Waals surface area contributed by atoms with Crippen molar-refractivity contribution in [2.45, 2.75) is 32.4 Å². The summed E-state index contributed by atoms with van der Waals surface area (Å²) in [6.07, 6.45) is 0.873. The second kappa shape index (κ2) is 7.30. The summed E-state index contributed by atoms with van der Waals surface area (Å²) in [6, 6.07) is -0.881. The van der Waals surface area contributed by atoms with Crippen molar-refractivity contribution in [2.24, 2.45) is 5.84 Å². The number of nitrogens with one attached hydrogen (secondary N) is 2. The van der Waals surface area contributed by atoms with Crippen LogP contribution in [0.15, 0.2) is 0 Å². The molecule has 1 rings (SSSR count). The Morgan fingerprint density at radius 2 is 2.28 bits per heavy atom. The van der Waals surface area contributed by atoms with Gasteiger partial charge in [-0.05, 0) is 13.3 Å². The van der Waals surface area contributed by atoms with E-state index in [1.165, 1.54) is 0 Å². The maximum absolute atomic E-state index is 12.0. The van der Waals surface area contributed by atoms with Crippen molar-refractivity contribution in [3.8, 4) is 0 Å². The van der Waals surface area contributed by atoms with Crippen molar-refractivity contribution in [1.82, 2.24) is 15.6 Å². The van der Waals surface area contributed by atoms with Crippen molar-refractivity contribution in [1.29, 1.82) is 0 Å². The van der Waals surface area contributed by atoms with Gasteiger partial charge in [0.1, 0.15) is 6.04 Å². The molecule has 1 heterocycles. The lowest BCUT2D eigenvalue weighted by Crippen LogP contribution is -2.60. The van der Waals surface area contributed by atoms with Crippen LogP contribution in [0.2, 0.25) is 0 Å². The lowest BCUT2D eigenvalue weighted by Gasteiger charge is -2.37. The van der Waals surface area contributed by atoms with E-state index in [0.29, 0.717) is 26.3 Å². The molecule has 7 heteroatoms. The first kappa shape index (κ1) is 14.9. The van der Waals surface area contributed by atoms with Crippen LogP contribution in [0, 0.1) is 0 Å². The minimum absolute atomic E-state index is 0.103. The molecule has 0 saturated carbocycles. The number of carbonyl (C=O) groups excluding carboxylic acids is 2. The molecule has 0 aromatic heterocycles. The number of rotatable bonds is 5. The summed E-state index contributed by atoms with van der Waals surface area (Å²) in [6.45, 7) is 5.70. The van der Waals surface area contributed by atoms with E-state index in [0.717, 1.165) is 6.42 Å². The molecule has 0 aromatic carbocycles. The van der Waals surface area contributed by atoms with E-state index in [-0.39, 0.29) is 11.8 Å². The molecule has 1 aliphatic heterocycles. The summed E-state index contributed by atoms with van der Waals surface area (Å²) in [4.78, 5) is 25.3. The monoisotopic (exact) mass is 258 g/mol. The van der Waals surface area contributed by atoms with E-state index < -0.39 is 12.1 Å². The van der Waals surface area contributed by atoms with Crippen LogP contribution in [0.5, 0.6) is 0 Å². The van der Waals surface area contributed by atoms with Gasteiger partial charge in [0, 0.05) is 13.1 Å². The summed E-state index contributed by atoms with van der Waals surface area (Å²) in [5.74, 6) is 4.72. The third-order valence-corrected chi connectivity index (χ3v) is 3.04. The number of hydrogen-bond donors (Lipinski definition) is 3. The highest BCUT2D eigenvalue weighted by atomic mass is 16.5. The molecule has 1 aliphatic rings. The van der Waals surface area contributed by atoms with E-state index in [4.69, 9.17) is 10.6 Å². The Hall–Kier alpha value is -1.18. The Balaban J connectivity index is 2.67. The van der Waals surface area contributed by atoms with E-state index in [9.17, 15) is 9.59 Å². The smallest absolute Gasteiger partial charge is 0.250 e. The first-order chi connectivity index (χ1) is 8.61. The summed E-state index contributed by atoms with van der Waals surface area (Å²) >= 11 is 0. The number of amides is 2. The molecule has 7 nitrogen and oxygen atoms in total. The van der Waals surface area contributed by atoms with Gasteiger partial charge < -0.3 is 10.1 Å². The number of nitrogens with zero attached hydrogens (tertiary/aromatic N) is 1. The lowest BCUT2D eigenvalue weighted by atomic mass is 10.1. The molecular formula is C11H22N4O3. The normalized spacial score (nSPS) is 22.3. The fourth-order valence-corrected chi connectivity index (χ4v) is 1.94. The van der Waals surface area contributed by atoms with E-state index in [2.05, 4.69) is 10.7 Å². The van der Waals surface area contributed by atoms with Crippen LogP contribution >= 0.6 is 0 Å². The molecule has 0 aromatic rings. The number of carbonyl (C=O) groups is 2. The molecule has 0 radical (unpaired) electrons. The Morgan fingerprint density at radius 1 is 1.56 bits per heavy atom. The zero-order chi connectivity index (χ0) is 13.5. The molecule has 18 heavy (non-hydrogen) atoms. The second-order valence-electron chi connectivity index (χ2n) is 4.30. The fourth-order valence-electron chi connectivity index (χ4n) is 1.94. The minimum atomic E-state index is -0.448. The van der Waals surface area contributed by atoms with Crippen molar-refractivity contribution in [2.75, 3.05) is 26.3 Å². The zero-order valence-corrected chi connectivity index (χ0v) is 10.9. The second-order valence-corrected chi connectivity index (χ2v) is 4.30. The molecule has 0 bridgehead atoms.